The molecule has 1 N–H and O–H groups in total. The molecule has 4 heterocycles. The standard InChI is InChI=1S/C24H25FN4O/c25-20-5-3-19(4-6-20)23-21-13-16(14-26)1-2-17(21)9-12-29(23)24(30)27-22-15-28-10-7-18(22)8-11-28/h1-6,13,18,22-23H,7-12,15H2,(H,27,30)/t22-,23+/m1/s1. The maximum atomic E-state index is 13.6. The van der Waals surface area contributed by atoms with E-state index in [1.165, 1.54) is 12.1 Å². The van der Waals surface area contributed by atoms with Crippen molar-refractivity contribution < 1.29 is 9.18 Å². The summed E-state index contributed by atoms with van der Waals surface area (Å²) in [7, 11) is 0. The second-order valence-electron chi connectivity index (χ2n) is 8.62. The van der Waals surface area contributed by atoms with Gasteiger partial charge >= 0.3 is 6.03 Å². The van der Waals surface area contributed by atoms with Crippen molar-refractivity contribution in [2.45, 2.75) is 31.3 Å². The highest BCUT2D eigenvalue weighted by molar-refractivity contribution is 5.76. The van der Waals surface area contributed by atoms with Crippen molar-refractivity contribution >= 4 is 6.03 Å². The Morgan fingerprint density at radius 2 is 1.87 bits per heavy atom. The van der Waals surface area contributed by atoms with Crippen LogP contribution in [-0.4, -0.2) is 48.1 Å². The molecular weight excluding hydrogens is 379 g/mol. The number of carbonyl (C=O) groups is 1. The molecule has 4 aliphatic heterocycles. The Hall–Kier alpha value is -2.91. The zero-order valence-corrected chi connectivity index (χ0v) is 16.9. The van der Waals surface area contributed by atoms with E-state index in [1.54, 1.807) is 12.1 Å². The van der Waals surface area contributed by atoms with Crippen LogP contribution in [0.1, 0.15) is 41.1 Å². The van der Waals surface area contributed by atoms with Gasteiger partial charge in [-0.05, 0) is 79.2 Å². The molecule has 6 heteroatoms. The summed E-state index contributed by atoms with van der Waals surface area (Å²) in [5.41, 5.74) is 3.52. The lowest BCUT2D eigenvalue weighted by Crippen LogP contribution is -2.59. The number of hydrogen-bond donors (Lipinski definition) is 1. The maximum absolute atomic E-state index is 13.6. The SMILES string of the molecule is N#Cc1ccc2c(c1)[C@H](c1ccc(F)cc1)N(C(=O)N[C@@H]1CN3CCC1CC3)CC2. The second-order valence-corrected chi connectivity index (χ2v) is 8.62. The first-order chi connectivity index (χ1) is 14.6. The van der Waals surface area contributed by atoms with Crippen molar-refractivity contribution in [3.63, 3.8) is 0 Å². The first-order valence-electron chi connectivity index (χ1n) is 10.7. The minimum absolute atomic E-state index is 0.0731. The molecule has 154 valence electrons. The number of halogens is 1. The number of urea groups is 1. The van der Waals surface area contributed by atoms with Crippen LogP contribution in [0.3, 0.4) is 0 Å². The number of benzene rings is 2. The molecule has 6 rings (SSSR count). The number of nitriles is 1. The lowest BCUT2D eigenvalue weighted by Gasteiger charge is -2.46. The lowest BCUT2D eigenvalue weighted by molar-refractivity contribution is 0.0715. The van der Waals surface area contributed by atoms with Crippen LogP contribution in [-0.2, 0) is 6.42 Å². The Morgan fingerprint density at radius 1 is 1.10 bits per heavy atom. The summed E-state index contributed by atoms with van der Waals surface area (Å²) in [6.07, 6.45) is 3.02. The van der Waals surface area contributed by atoms with Crippen molar-refractivity contribution in [1.82, 2.24) is 15.1 Å². The number of carbonyl (C=O) groups excluding carboxylic acids is 1. The Morgan fingerprint density at radius 3 is 2.53 bits per heavy atom. The van der Waals surface area contributed by atoms with Gasteiger partial charge < -0.3 is 15.1 Å². The molecule has 3 saturated heterocycles. The van der Waals surface area contributed by atoms with E-state index in [1.807, 2.05) is 23.1 Å². The monoisotopic (exact) mass is 404 g/mol. The van der Waals surface area contributed by atoms with E-state index in [4.69, 9.17) is 0 Å². The summed E-state index contributed by atoms with van der Waals surface area (Å²) in [5, 5.41) is 12.7. The number of rotatable bonds is 2. The van der Waals surface area contributed by atoms with E-state index in [0.29, 0.717) is 18.0 Å². The molecule has 0 spiro atoms. The first kappa shape index (κ1) is 19.1. The largest absolute Gasteiger partial charge is 0.334 e. The molecule has 0 saturated carbocycles. The lowest BCUT2D eigenvalue weighted by atomic mass is 9.84. The highest BCUT2D eigenvalue weighted by atomic mass is 19.1. The van der Waals surface area contributed by atoms with Crippen LogP contribution in [0.25, 0.3) is 0 Å². The molecule has 2 atom stereocenters. The zero-order valence-electron chi connectivity index (χ0n) is 16.9. The Bertz CT molecular complexity index is 991. The molecule has 30 heavy (non-hydrogen) atoms. The molecule has 2 amide bonds. The summed E-state index contributed by atoms with van der Waals surface area (Å²) >= 11 is 0. The van der Waals surface area contributed by atoms with Crippen LogP contribution in [0.4, 0.5) is 9.18 Å². The van der Waals surface area contributed by atoms with Crippen LogP contribution in [0.15, 0.2) is 42.5 Å². The molecule has 0 unspecified atom stereocenters. The van der Waals surface area contributed by atoms with E-state index in [-0.39, 0.29) is 23.9 Å². The molecule has 5 nitrogen and oxygen atoms in total. The van der Waals surface area contributed by atoms with Gasteiger partial charge in [-0.15, -0.1) is 0 Å². The minimum atomic E-state index is -0.330. The van der Waals surface area contributed by atoms with Gasteiger partial charge in [-0.25, -0.2) is 9.18 Å². The predicted molar refractivity (Wildman–Crippen MR) is 111 cm³/mol. The fourth-order valence-corrected chi connectivity index (χ4v) is 5.28. The van der Waals surface area contributed by atoms with Crippen molar-refractivity contribution in [2.75, 3.05) is 26.2 Å². The van der Waals surface area contributed by atoms with E-state index in [9.17, 15) is 14.4 Å². The molecule has 2 aromatic carbocycles. The fourth-order valence-electron chi connectivity index (χ4n) is 5.28. The Kier molecular flexibility index (Phi) is 4.92. The van der Waals surface area contributed by atoms with Crippen molar-refractivity contribution in [1.29, 1.82) is 5.26 Å². The summed E-state index contributed by atoms with van der Waals surface area (Å²) in [4.78, 5) is 17.7. The molecule has 0 aliphatic carbocycles. The van der Waals surface area contributed by atoms with Crippen LogP contribution < -0.4 is 5.32 Å². The fraction of sp³-hybridized carbons (Fsp3) is 0.417. The highest BCUT2D eigenvalue weighted by Crippen LogP contribution is 2.36. The van der Waals surface area contributed by atoms with Gasteiger partial charge in [0.15, 0.2) is 0 Å². The number of piperidine rings is 3. The smallest absolute Gasteiger partial charge is 0.318 e. The van der Waals surface area contributed by atoms with Crippen molar-refractivity contribution in [3.8, 4) is 6.07 Å². The normalized spacial score (nSPS) is 27.3. The first-order valence-corrected chi connectivity index (χ1v) is 10.7. The summed E-state index contributed by atoms with van der Waals surface area (Å²) < 4.78 is 13.6. The predicted octanol–water partition coefficient (Wildman–Crippen LogP) is 3.45. The van der Waals surface area contributed by atoms with E-state index in [2.05, 4.69) is 16.3 Å². The third kappa shape index (κ3) is 3.44. The Labute approximate surface area is 176 Å². The number of nitrogens with zero attached hydrogens (tertiary/aromatic N) is 3. The maximum Gasteiger partial charge on any atom is 0.318 e. The van der Waals surface area contributed by atoms with E-state index < -0.39 is 0 Å². The minimum Gasteiger partial charge on any atom is -0.334 e. The molecule has 2 bridgehead atoms. The third-order valence-corrected chi connectivity index (χ3v) is 6.91. The van der Waals surface area contributed by atoms with Gasteiger partial charge in [-0.1, -0.05) is 18.2 Å². The van der Waals surface area contributed by atoms with Gasteiger partial charge in [-0.2, -0.15) is 5.26 Å². The van der Waals surface area contributed by atoms with Gasteiger partial charge in [0.1, 0.15) is 5.82 Å². The van der Waals surface area contributed by atoms with Crippen molar-refractivity contribution in [2.24, 2.45) is 5.92 Å². The van der Waals surface area contributed by atoms with Gasteiger partial charge in [0.2, 0.25) is 0 Å². The molecule has 0 radical (unpaired) electrons. The highest BCUT2D eigenvalue weighted by Gasteiger charge is 2.38. The summed E-state index contributed by atoms with van der Waals surface area (Å²) in [6.45, 7) is 3.76. The molecular formula is C24H25FN4O. The van der Waals surface area contributed by atoms with Crippen LogP contribution >= 0.6 is 0 Å². The van der Waals surface area contributed by atoms with E-state index in [0.717, 1.165) is 55.6 Å². The summed E-state index contributed by atoms with van der Waals surface area (Å²) in [5.74, 6) is 0.245. The number of fused-ring (bicyclic) bond motifs is 4. The van der Waals surface area contributed by atoms with E-state index >= 15 is 0 Å². The quantitative estimate of drug-likeness (QED) is 0.834. The molecule has 0 aromatic heterocycles. The third-order valence-electron chi connectivity index (χ3n) is 6.91. The van der Waals surface area contributed by atoms with Gasteiger partial charge in [0.25, 0.3) is 0 Å². The van der Waals surface area contributed by atoms with Gasteiger partial charge in [0, 0.05) is 19.1 Å². The molecule has 4 aliphatic rings. The second kappa shape index (κ2) is 7.73. The van der Waals surface area contributed by atoms with Crippen molar-refractivity contribution in [3.05, 3.63) is 70.5 Å². The van der Waals surface area contributed by atoms with Gasteiger partial charge in [0.05, 0.1) is 17.7 Å². The number of hydrogen-bond acceptors (Lipinski definition) is 3. The number of nitrogens with one attached hydrogen (secondary N) is 1. The number of amides is 2. The molecule has 3 fully saturated rings. The topological polar surface area (TPSA) is 59.4 Å². The van der Waals surface area contributed by atoms with Gasteiger partial charge in [-0.3, -0.25) is 0 Å². The Balaban J connectivity index is 1.47. The van der Waals surface area contributed by atoms with Crippen LogP contribution in [0.5, 0.6) is 0 Å². The van der Waals surface area contributed by atoms with Crippen LogP contribution in [0, 0.1) is 23.1 Å². The van der Waals surface area contributed by atoms with Crippen LogP contribution in [0.2, 0.25) is 0 Å². The average Bonchev–Trinajstić information content (AvgIpc) is 2.79. The zero-order chi connectivity index (χ0) is 20.7. The summed E-state index contributed by atoms with van der Waals surface area (Å²) in [6, 6.07) is 14.0. The molecule has 2 aromatic rings. The average molecular weight is 404 g/mol.